The number of anilines is 1. The van der Waals surface area contributed by atoms with Crippen LogP contribution in [0.25, 0.3) is 0 Å². The maximum atomic E-state index is 2.58. The number of hydrogen-bond donors (Lipinski definition) is 0. The van der Waals surface area contributed by atoms with Crippen LogP contribution in [0.15, 0.2) is 42.0 Å². The molecule has 1 saturated heterocycles. The Labute approximate surface area is 128 Å². The number of allylic oxidation sites excluding steroid dienone is 2. The molecule has 2 nitrogen and oxygen atoms in total. The Bertz CT molecular complexity index is 549. The first kappa shape index (κ1) is 14.4. The molecule has 21 heavy (non-hydrogen) atoms. The normalized spacial score (nSPS) is 19.7. The molecule has 1 aromatic rings. The first-order valence-electron chi connectivity index (χ1n) is 8.12. The zero-order valence-electron chi connectivity index (χ0n) is 13.3. The molecule has 1 heterocycles. The number of rotatable bonds is 3. The van der Waals surface area contributed by atoms with E-state index in [0.29, 0.717) is 0 Å². The fourth-order valence-corrected chi connectivity index (χ4v) is 3.13. The SMILES string of the molecule is Cc1ccc(N2CCN(CC3=CCCC=C3)CC2)cc1C. The summed E-state index contributed by atoms with van der Waals surface area (Å²) in [5.41, 5.74) is 5.66. The Balaban J connectivity index is 1.56. The minimum Gasteiger partial charge on any atom is -0.369 e. The van der Waals surface area contributed by atoms with E-state index in [4.69, 9.17) is 0 Å². The van der Waals surface area contributed by atoms with Crippen molar-refractivity contribution in [1.29, 1.82) is 0 Å². The summed E-state index contributed by atoms with van der Waals surface area (Å²) in [7, 11) is 0. The summed E-state index contributed by atoms with van der Waals surface area (Å²) in [6.45, 7) is 10.1. The third kappa shape index (κ3) is 3.56. The molecule has 3 rings (SSSR count). The number of nitrogens with zero attached hydrogens (tertiary/aromatic N) is 2. The molecule has 112 valence electrons. The van der Waals surface area contributed by atoms with E-state index in [9.17, 15) is 0 Å². The minimum atomic E-state index is 1.12. The molecule has 2 aliphatic rings. The molecule has 0 radical (unpaired) electrons. The van der Waals surface area contributed by atoms with E-state index in [-0.39, 0.29) is 0 Å². The van der Waals surface area contributed by atoms with Gasteiger partial charge in [-0.1, -0.05) is 24.3 Å². The van der Waals surface area contributed by atoms with Crippen molar-refractivity contribution in [2.45, 2.75) is 26.7 Å². The predicted molar refractivity (Wildman–Crippen MR) is 91.0 cm³/mol. The Kier molecular flexibility index (Phi) is 4.45. The minimum absolute atomic E-state index is 1.12. The van der Waals surface area contributed by atoms with Crippen LogP contribution < -0.4 is 4.90 Å². The maximum absolute atomic E-state index is 2.58. The summed E-state index contributed by atoms with van der Waals surface area (Å²) >= 11 is 0. The molecule has 2 heteroatoms. The van der Waals surface area contributed by atoms with Crippen LogP contribution in [-0.2, 0) is 0 Å². The average molecular weight is 282 g/mol. The van der Waals surface area contributed by atoms with Gasteiger partial charge in [0.2, 0.25) is 0 Å². The molecule has 0 bridgehead atoms. The molecule has 0 N–H and O–H groups in total. The van der Waals surface area contributed by atoms with Crippen molar-refractivity contribution in [3.63, 3.8) is 0 Å². The van der Waals surface area contributed by atoms with Crippen LogP contribution in [0.3, 0.4) is 0 Å². The lowest BCUT2D eigenvalue weighted by atomic mass is 10.1. The predicted octanol–water partition coefficient (Wildman–Crippen LogP) is 3.70. The monoisotopic (exact) mass is 282 g/mol. The maximum Gasteiger partial charge on any atom is 0.0369 e. The molecule has 1 fully saturated rings. The van der Waals surface area contributed by atoms with E-state index in [2.05, 4.69) is 60.1 Å². The van der Waals surface area contributed by atoms with Crippen LogP contribution in [0, 0.1) is 13.8 Å². The van der Waals surface area contributed by atoms with E-state index < -0.39 is 0 Å². The quantitative estimate of drug-likeness (QED) is 0.834. The van der Waals surface area contributed by atoms with Crippen LogP contribution in [0.5, 0.6) is 0 Å². The standard InChI is InChI=1S/C19H26N2/c1-16-8-9-19(14-17(16)2)21-12-10-20(11-13-21)15-18-6-4-3-5-7-18/h4,6-9,14H,3,5,10-13,15H2,1-2H3. The van der Waals surface area contributed by atoms with Crippen molar-refractivity contribution in [2.75, 3.05) is 37.6 Å². The number of piperazine rings is 1. The first-order valence-corrected chi connectivity index (χ1v) is 8.12. The van der Waals surface area contributed by atoms with E-state index in [1.807, 2.05) is 0 Å². The summed E-state index contributed by atoms with van der Waals surface area (Å²) in [6, 6.07) is 6.84. The molecule has 1 aromatic carbocycles. The van der Waals surface area contributed by atoms with Crippen molar-refractivity contribution in [2.24, 2.45) is 0 Å². The number of aryl methyl sites for hydroxylation is 2. The zero-order valence-corrected chi connectivity index (χ0v) is 13.3. The summed E-state index contributed by atoms with van der Waals surface area (Å²) < 4.78 is 0. The largest absolute Gasteiger partial charge is 0.369 e. The van der Waals surface area contributed by atoms with Crippen molar-refractivity contribution >= 4 is 5.69 Å². The van der Waals surface area contributed by atoms with Crippen LogP contribution in [0.2, 0.25) is 0 Å². The third-order valence-corrected chi connectivity index (χ3v) is 4.71. The second-order valence-electron chi connectivity index (χ2n) is 6.29. The van der Waals surface area contributed by atoms with Crippen molar-refractivity contribution in [1.82, 2.24) is 4.90 Å². The lowest BCUT2D eigenvalue weighted by Gasteiger charge is -2.36. The highest BCUT2D eigenvalue weighted by Gasteiger charge is 2.18. The molecular weight excluding hydrogens is 256 g/mol. The first-order chi connectivity index (χ1) is 10.2. The second kappa shape index (κ2) is 6.48. The molecule has 0 unspecified atom stereocenters. The molecule has 0 amide bonds. The highest BCUT2D eigenvalue weighted by molar-refractivity contribution is 5.51. The fraction of sp³-hybridized carbons (Fsp3) is 0.474. The smallest absolute Gasteiger partial charge is 0.0369 e. The zero-order chi connectivity index (χ0) is 14.7. The Morgan fingerprint density at radius 2 is 1.76 bits per heavy atom. The molecule has 1 aliphatic carbocycles. The Morgan fingerprint density at radius 3 is 2.43 bits per heavy atom. The Morgan fingerprint density at radius 1 is 0.952 bits per heavy atom. The van der Waals surface area contributed by atoms with Gasteiger partial charge in [0.1, 0.15) is 0 Å². The van der Waals surface area contributed by atoms with E-state index in [0.717, 1.165) is 32.7 Å². The molecule has 0 atom stereocenters. The average Bonchev–Trinajstić information content (AvgIpc) is 2.52. The fourth-order valence-electron chi connectivity index (χ4n) is 3.13. The summed E-state index contributed by atoms with van der Waals surface area (Å²) in [6.07, 6.45) is 9.44. The Hall–Kier alpha value is -1.54. The summed E-state index contributed by atoms with van der Waals surface area (Å²) in [5, 5.41) is 0. The molecule has 0 aromatic heterocycles. The molecule has 1 aliphatic heterocycles. The number of hydrogen-bond acceptors (Lipinski definition) is 2. The van der Waals surface area contributed by atoms with E-state index in [1.165, 1.54) is 35.2 Å². The molecular formula is C19H26N2. The van der Waals surface area contributed by atoms with Crippen LogP contribution in [0.4, 0.5) is 5.69 Å². The molecule has 0 saturated carbocycles. The van der Waals surface area contributed by atoms with Crippen molar-refractivity contribution < 1.29 is 0 Å². The van der Waals surface area contributed by atoms with Crippen LogP contribution in [0.1, 0.15) is 24.0 Å². The van der Waals surface area contributed by atoms with E-state index >= 15 is 0 Å². The highest BCUT2D eigenvalue weighted by atomic mass is 15.3. The van der Waals surface area contributed by atoms with Gasteiger partial charge in [0.25, 0.3) is 0 Å². The molecule has 0 spiro atoms. The van der Waals surface area contributed by atoms with Crippen LogP contribution in [-0.4, -0.2) is 37.6 Å². The van der Waals surface area contributed by atoms with Gasteiger partial charge in [0.15, 0.2) is 0 Å². The topological polar surface area (TPSA) is 6.48 Å². The van der Waals surface area contributed by atoms with Gasteiger partial charge in [-0.15, -0.1) is 0 Å². The summed E-state index contributed by atoms with van der Waals surface area (Å²) in [4.78, 5) is 5.10. The lowest BCUT2D eigenvalue weighted by Crippen LogP contribution is -2.46. The highest BCUT2D eigenvalue weighted by Crippen LogP contribution is 2.21. The van der Waals surface area contributed by atoms with Gasteiger partial charge in [0.05, 0.1) is 0 Å². The third-order valence-electron chi connectivity index (χ3n) is 4.71. The van der Waals surface area contributed by atoms with Gasteiger partial charge in [-0.2, -0.15) is 0 Å². The lowest BCUT2D eigenvalue weighted by molar-refractivity contribution is 0.279. The number of benzene rings is 1. The van der Waals surface area contributed by atoms with Gasteiger partial charge in [-0.25, -0.2) is 0 Å². The second-order valence-corrected chi connectivity index (χ2v) is 6.29. The van der Waals surface area contributed by atoms with Crippen molar-refractivity contribution in [3.05, 3.63) is 53.1 Å². The van der Waals surface area contributed by atoms with Gasteiger partial charge >= 0.3 is 0 Å². The van der Waals surface area contributed by atoms with Crippen LogP contribution >= 0.6 is 0 Å². The van der Waals surface area contributed by atoms with Gasteiger partial charge in [-0.3, -0.25) is 4.90 Å². The van der Waals surface area contributed by atoms with Crippen molar-refractivity contribution in [3.8, 4) is 0 Å². The van der Waals surface area contributed by atoms with Gasteiger partial charge in [-0.05, 0) is 55.5 Å². The van der Waals surface area contributed by atoms with E-state index in [1.54, 1.807) is 0 Å². The van der Waals surface area contributed by atoms with Gasteiger partial charge < -0.3 is 4.90 Å². The van der Waals surface area contributed by atoms with Gasteiger partial charge in [0, 0.05) is 38.4 Å². The summed E-state index contributed by atoms with van der Waals surface area (Å²) in [5.74, 6) is 0.